The average molecular weight is 343 g/mol. The van der Waals surface area contributed by atoms with E-state index < -0.39 is 0 Å². The molecule has 0 bridgehead atoms. The van der Waals surface area contributed by atoms with Crippen molar-refractivity contribution in [1.82, 2.24) is 9.97 Å². The number of ether oxygens (including phenoxy) is 1. The van der Waals surface area contributed by atoms with Gasteiger partial charge in [-0.05, 0) is 48.9 Å². The number of aromatic amines is 1. The number of imidazole rings is 1. The predicted octanol–water partition coefficient (Wildman–Crippen LogP) is 4.92. The van der Waals surface area contributed by atoms with Crippen molar-refractivity contribution < 1.29 is 9.53 Å². The van der Waals surface area contributed by atoms with Crippen molar-refractivity contribution in [2.45, 2.75) is 6.92 Å². The van der Waals surface area contributed by atoms with E-state index in [1.165, 1.54) is 0 Å². The van der Waals surface area contributed by atoms with Crippen molar-refractivity contribution in [2.75, 3.05) is 5.32 Å². The van der Waals surface area contributed by atoms with Gasteiger partial charge in [0.05, 0.1) is 16.6 Å². The van der Waals surface area contributed by atoms with Crippen molar-refractivity contribution in [1.29, 1.82) is 0 Å². The SMILES string of the molecule is Cc1ccc2[nH]c(NC(=O)c3ccccc3Oc3ccccc3)nc2c1. The highest BCUT2D eigenvalue weighted by molar-refractivity contribution is 6.06. The van der Waals surface area contributed by atoms with Gasteiger partial charge in [-0.25, -0.2) is 4.98 Å². The van der Waals surface area contributed by atoms with Crippen LogP contribution in [0.3, 0.4) is 0 Å². The number of carbonyl (C=O) groups is 1. The number of hydrogen-bond acceptors (Lipinski definition) is 3. The minimum Gasteiger partial charge on any atom is -0.457 e. The summed E-state index contributed by atoms with van der Waals surface area (Å²) in [6.07, 6.45) is 0. The van der Waals surface area contributed by atoms with Crippen LogP contribution < -0.4 is 10.1 Å². The van der Waals surface area contributed by atoms with Gasteiger partial charge in [-0.15, -0.1) is 0 Å². The summed E-state index contributed by atoms with van der Waals surface area (Å²) in [5.41, 5.74) is 3.24. The number of hydrogen-bond donors (Lipinski definition) is 2. The number of carbonyl (C=O) groups excluding carboxylic acids is 1. The van der Waals surface area contributed by atoms with E-state index in [1.807, 2.05) is 61.5 Å². The highest BCUT2D eigenvalue weighted by atomic mass is 16.5. The minimum absolute atomic E-state index is 0.285. The summed E-state index contributed by atoms with van der Waals surface area (Å²) in [5.74, 6) is 1.28. The van der Waals surface area contributed by atoms with Crippen molar-refractivity contribution in [2.24, 2.45) is 0 Å². The van der Waals surface area contributed by atoms with Gasteiger partial charge in [-0.2, -0.15) is 0 Å². The Morgan fingerprint density at radius 2 is 1.77 bits per heavy atom. The van der Waals surface area contributed by atoms with Crippen LogP contribution in [0.1, 0.15) is 15.9 Å². The van der Waals surface area contributed by atoms with Gasteiger partial charge >= 0.3 is 0 Å². The highest BCUT2D eigenvalue weighted by Crippen LogP contribution is 2.26. The number of nitrogens with zero attached hydrogens (tertiary/aromatic N) is 1. The van der Waals surface area contributed by atoms with Crippen molar-refractivity contribution >= 4 is 22.9 Å². The largest absolute Gasteiger partial charge is 0.457 e. The molecular weight excluding hydrogens is 326 g/mol. The van der Waals surface area contributed by atoms with Gasteiger partial charge in [0.15, 0.2) is 0 Å². The summed E-state index contributed by atoms with van der Waals surface area (Å²) in [5, 5.41) is 2.81. The van der Waals surface area contributed by atoms with Gasteiger partial charge in [-0.1, -0.05) is 36.4 Å². The lowest BCUT2D eigenvalue weighted by atomic mass is 10.2. The lowest BCUT2D eigenvalue weighted by molar-refractivity contribution is 0.102. The zero-order chi connectivity index (χ0) is 17.9. The molecule has 0 fully saturated rings. The lowest BCUT2D eigenvalue weighted by Gasteiger charge is -2.10. The molecule has 0 saturated heterocycles. The lowest BCUT2D eigenvalue weighted by Crippen LogP contribution is -2.13. The number of amides is 1. The number of anilines is 1. The van der Waals surface area contributed by atoms with Gasteiger partial charge in [-0.3, -0.25) is 10.1 Å². The first-order valence-corrected chi connectivity index (χ1v) is 8.29. The fraction of sp³-hybridized carbons (Fsp3) is 0.0476. The highest BCUT2D eigenvalue weighted by Gasteiger charge is 2.14. The summed E-state index contributed by atoms with van der Waals surface area (Å²) < 4.78 is 5.85. The molecule has 5 heteroatoms. The molecule has 1 amide bonds. The fourth-order valence-corrected chi connectivity index (χ4v) is 2.71. The Kier molecular flexibility index (Phi) is 4.11. The third-order valence-corrected chi connectivity index (χ3v) is 3.97. The van der Waals surface area contributed by atoms with Gasteiger partial charge in [0.1, 0.15) is 11.5 Å². The molecule has 0 atom stereocenters. The second kappa shape index (κ2) is 6.72. The van der Waals surface area contributed by atoms with Crippen molar-refractivity contribution in [3.05, 3.63) is 83.9 Å². The minimum atomic E-state index is -0.285. The van der Waals surface area contributed by atoms with Crippen LogP contribution in [0.25, 0.3) is 11.0 Å². The van der Waals surface area contributed by atoms with Crippen LogP contribution in [0.2, 0.25) is 0 Å². The number of H-pyrrole nitrogens is 1. The first-order chi connectivity index (χ1) is 12.7. The number of nitrogens with one attached hydrogen (secondary N) is 2. The molecule has 1 heterocycles. The van der Waals surface area contributed by atoms with Crippen LogP contribution in [0.5, 0.6) is 11.5 Å². The molecule has 0 aliphatic carbocycles. The fourth-order valence-electron chi connectivity index (χ4n) is 2.71. The molecule has 0 radical (unpaired) electrons. The van der Waals surface area contributed by atoms with E-state index >= 15 is 0 Å². The topological polar surface area (TPSA) is 67.0 Å². The number of fused-ring (bicyclic) bond motifs is 1. The monoisotopic (exact) mass is 343 g/mol. The maximum atomic E-state index is 12.7. The average Bonchev–Trinajstić information content (AvgIpc) is 3.04. The van der Waals surface area contributed by atoms with Crippen LogP contribution in [-0.4, -0.2) is 15.9 Å². The van der Waals surface area contributed by atoms with Crippen LogP contribution in [-0.2, 0) is 0 Å². The van der Waals surface area contributed by atoms with E-state index in [1.54, 1.807) is 18.2 Å². The summed E-state index contributed by atoms with van der Waals surface area (Å²) in [6, 6.07) is 22.4. The summed E-state index contributed by atoms with van der Waals surface area (Å²) in [4.78, 5) is 20.3. The standard InChI is InChI=1S/C21H17N3O2/c1-14-11-12-17-18(13-14)23-21(22-17)24-20(25)16-9-5-6-10-19(16)26-15-7-3-2-4-8-15/h2-13H,1H3,(H2,22,23,24,25). The first kappa shape index (κ1) is 15.9. The summed E-state index contributed by atoms with van der Waals surface area (Å²) >= 11 is 0. The van der Waals surface area contributed by atoms with E-state index in [0.29, 0.717) is 23.0 Å². The van der Waals surface area contributed by atoms with E-state index in [4.69, 9.17) is 4.74 Å². The molecule has 26 heavy (non-hydrogen) atoms. The smallest absolute Gasteiger partial charge is 0.261 e. The van der Waals surface area contributed by atoms with E-state index in [0.717, 1.165) is 16.6 Å². The molecule has 1 aromatic heterocycles. The number of aryl methyl sites for hydroxylation is 1. The molecule has 0 aliphatic heterocycles. The maximum absolute atomic E-state index is 12.7. The molecular formula is C21H17N3O2. The Hall–Kier alpha value is -3.60. The number of aromatic nitrogens is 2. The van der Waals surface area contributed by atoms with Gasteiger partial charge in [0, 0.05) is 0 Å². The molecule has 4 aromatic rings. The van der Waals surface area contributed by atoms with Gasteiger partial charge in [0.25, 0.3) is 5.91 Å². The number of para-hydroxylation sites is 2. The quantitative estimate of drug-likeness (QED) is 0.553. The van der Waals surface area contributed by atoms with E-state index in [9.17, 15) is 4.79 Å². The molecule has 128 valence electrons. The zero-order valence-corrected chi connectivity index (χ0v) is 14.2. The van der Waals surface area contributed by atoms with Crippen molar-refractivity contribution in [3.8, 4) is 11.5 Å². The van der Waals surface area contributed by atoms with Crippen LogP contribution in [0.15, 0.2) is 72.8 Å². The summed E-state index contributed by atoms with van der Waals surface area (Å²) in [6.45, 7) is 2.00. The maximum Gasteiger partial charge on any atom is 0.261 e. The third-order valence-electron chi connectivity index (χ3n) is 3.97. The summed E-state index contributed by atoms with van der Waals surface area (Å²) in [7, 11) is 0. The Morgan fingerprint density at radius 3 is 2.62 bits per heavy atom. The van der Waals surface area contributed by atoms with Crippen LogP contribution in [0, 0.1) is 6.92 Å². The van der Waals surface area contributed by atoms with Crippen LogP contribution in [0.4, 0.5) is 5.95 Å². The molecule has 4 rings (SSSR count). The Labute approximate surface area is 150 Å². The normalized spacial score (nSPS) is 10.7. The van der Waals surface area contributed by atoms with Gasteiger partial charge in [0.2, 0.25) is 5.95 Å². The van der Waals surface area contributed by atoms with E-state index in [2.05, 4.69) is 15.3 Å². The van der Waals surface area contributed by atoms with Crippen molar-refractivity contribution in [3.63, 3.8) is 0 Å². The second-order valence-electron chi connectivity index (χ2n) is 5.97. The molecule has 0 aliphatic rings. The Morgan fingerprint density at radius 1 is 1.00 bits per heavy atom. The molecule has 5 nitrogen and oxygen atoms in total. The molecule has 2 N–H and O–H groups in total. The zero-order valence-electron chi connectivity index (χ0n) is 14.2. The number of benzene rings is 3. The second-order valence-corrected chi connectivity index (χ2v) is 5.97. The van der Waals surface area contributed by atoms with Crippen LogP contribution >= 0.6 is 0 Å². The molecule has 0 spiro atoms. The van der Waals surface area contributed by atoms with E-state index in [-0.39, 0.29) is 5.91 Å². The Balaban J connectivity index is 1.59. The third kappa shape index (κ3) is 3.28. The predicted molar refractivity (Wildman–Crippen MR) is 102 cm³/mol. The van der Waals surface area contributed by atoms with Gasteiger partial charge < -0.3 is 9.72 Å². The molecule has 3 aromatic carbocycles. The Bertz CT molecular complexity index is 1070. The number of rotatable bonds is 4. The first-order valence-electron chi connectivity index (χ1n) is 8.29. The molecule has 0 saturated carbocycles. The molecule has 0 unspecified atom stereocenters.